The molecule has 0 aliphatic heterocycles. The van der Waals surface area contributed by atoms with Crippen LogP contribution in [0.3, 0.4) is 0 Å². The second-order valence-corrected chi connectivity index (χ2v) is 4.42. The van der Waals surface area contributed by atoms with Crippen LogP contribution >= 0.6 is 0 Å². The van der Waals surface area contributed by atoms with Gasteiger partial charge >= 0.3 is 12.0 Å². The number of carbonyl (C=O) groups excluding carboxylic acids is 2. The molecule has 7 nitrogen and oxygen atoms in total. The van der Waals surface area contributed by atoms with Gasteiger partial charge in [-0.1, -0.05) is 0 Å². The van der Waals surface area contributed by atoms with Gasteiger partial charge in [0, 0.05) is 26.1 Å². The van der Waals surface area contributed by atoms with Crippen molar-refractivity contribution in [1.82, 2.24) is 16.0 Å². The summed E-state index contributed by atoms with van der Waals surface area (Å²) in [5.41, 5.74) is 0. The predicted octanol–water partition coefficient (Wildman–Crippen LogP) is -0.325. The number of carbonyl (C=O) groups is 3. The number of rotatable bonds is 7. The molecule has 102 valence electrons. The summed E-state index contributed by atoms with van der Waals surface area (Å²) in [6, 6.07) is -0.693. The molecule has 1 aliphatic carbocycles. The summed E-state index contributed by atoms with van der Waals surface area (Å²) in [6.45, 7) is 2.07. The summed E-state index contributed by atoms with van der Waals surface area (Å²) >= 11 is 0. The van der Waals surface area contributed by atoms with Gasteiger partial charge in [0.2, 0.25) is 5.91 Å². The van der Waals surface area contributed by atoms with Gasteiger partial charge in [-0.25, -0.2) is 4.79 Å². The lowest BCUT2D eigenvalue weighted by Crippen LogP contribution is -2.46. The first kappa shape index (κ1) is 14.3. The standard InChI is InChI=1S/C11H19N3O4/c1-7(15)12-4-5-13-11(18)14-9(6-10(16)17)8-2-3-8/h8-9H,2-6H2,1H3,(H,12,15)(H,16,17)(H2,13,14,18). The van der Waals surface area contributed by atoms with E-state index in [4.69, 9.17) is 5.11 Å². The topological polar surface area (TPSA) is 108 Å². The highest BCUT2D eigenvalue weighted by atomic mass is 16.4. The summed E-state index contributed by atoms with van der Waals surface area (Å²) < 4.78 is 0. The normalized spacial score (nSPS) is 15.6. The first-order valence-corrected chi connectivity index (χ1v) is 5.99. The Morgan fingerprint density at radius 1 is 1.22 bits per heavy atom. The fourth-order valence-electron chi connectivity index (χ4n) is 1.66. The highest BCUT2D eigenvalue weighted by molar-refractivity contribution is 5.76. The van der Waals surface area contributed by atoms with Gasteiger partial charge in [0.25, 0.3) is 0 Å². The van der Waals surface area contributed by atoms with E-state index in [2.05, 4.69) is 16.0 Å². The molecule has 0 saturated heterocycles. The van der Waals surface area contributed by atoms with Gasteiger partial charge in [-0.15, -0.1) is 0 Å². The highest BCUT2D eigenvalue weighted by Crippen LogP contribution is 2.33. The molecular formula is C11H19N3O4. The molecular weight excluding hydrogens is 238 g/mol. The van der Waals surface area contributed by atoms with E-state index in [-0.39, 0.29) is 24.3 Å². The number of amides is 3. The van der Waals surface area contributed by atoms with Gasteiger partial charge in [-0.2, -0.15) is 0 Å². The number of carboxylic acid groups (broad SMARTS) is 1. The fraction of sp³-hybridized carbons (Fsp3) is 0.727. The molecule has 3 amide bonds. The average molecular weight is 257 g/mol. The van der Waals surface area contributed by atoms with Crippen molar-refractivity contribution in [3.63, 3.8) is 0 Å². The third-order valence-electron chi connectivity index (χ3n) is 2.69. The van der Waals surface area contributed by atoms with Crippen LogP contribution in [0.15, 0.2) is 0 Å². The van der Waals surface area contributed by atoms with E-state index in [1.807, 2.05) is 0 Å². The molecule has 0 spiro atoms. The van der Waals surface area contributed by atoms with E-state index in [1.54, 1.807) is 0 Å². The molecule has 0 heterocycles. The summed E-state index contributed by atoms with van der Waals surface area (Å²) in [6.07, 6.45) is 1.87. The van der Waals surface area contributed by atoms with E-state index in [0.717, 1.165) is 12.8 Å². The summed E-state index contributed by atoms with van der Waals surface area (Å²) in [4.78, 5) is 32.7. The minimum atomic E-state index is -0.912. The summed E-state index contributed by atoms with van der Waals surface area (Å²) in [5.74, 6) is -0.786. The van der Waals surface area contributed by atoms with Gasteiger partial charge in [0.15, 0.2) is 0 Å². The van der Waals surface area contributed by atoms with Crippen LogP contribution < -0.4 is 16.0 Å². The SMILES string of the molecule is CC(=O)NCCNC(=O)NC(CC(=O)O)C1CC1. The minimum Gasteiger partial charge on any atom is -0.481 e. The molecule has 0 aromatic rings. The molecule has 0 radical (unpaired) electrons. The number of hydrogen-bond donors (Lipinski definition) is 4. The van der Waals surface area contributed by atoms with Crippen LogP contribution in [0.1, 0.15) is 26.2 Å². The second kappa shape index (κ2) is 6.83. The number of hydrogen-bond acceptors (Lipinski definition) is 3. The Labute approximate surface area is 105 Å². The van der Waals surface area contributed by atoms with Crippen molar-refractivity contribution in [2.75, 3.05) is 13.1 Å². The summed E-state index contributed by atoms with van der Waals surface area (Å²) in [5, 5.41) is 16.5. The van der Waals surface area contributed by atoms with E-state index < -0.39 is 12.0 Å². The number of urea groups is 1. The molecule has 0 aromatic carbocycles. The third-order valence-corrected chi connectivity index (χ3v) is 2.69. The molecule has 1 unspecified atom stereocenters. The maximum Gasteiger partial charge on any atom is 0.315 e. The lowest BCUT2D eigenvalue weighted by atomic mass is 10.1. The van der Waals surface area contributed by atoms with Crippen molar-refractivity contribution in [3.8, 4) is 0 Å². The van der Waals surface area contributed by atoms with E-state index in [0.29, 0.717) is 13.1 Å². The van der Waals surface area contributed by atoms with E-state index >= 15 is 0 Å². The van der Waals surface area contributed by atoms with Crippen LogP contribution in [-0.2, 0) is 9.59 Å². The van der Waals surface area contributed by atoms with Crippen molar-refractivity contribution < 1.29 is 19.5 Å². The van der Waals surface area contributed by atoms with Gasteiger partial charge in [-0.05, 0) is 18.8 Å². The molecule has 0 aromatic heterocycles. The molecule has 18 heavy (non-hydrogen) atoms. The predicted molar refractivity (Wildman–Crippen MR) is 64.0 cm³/mol. The van der Waals surface area contributed by atoms with Gasteiger partial charge < -0.3 is 21.1 Å². The Bertz CT molecular complexity index is 328. The first-order chi connectivity index (χ1) is 8.49. The molecule has 1 aliphatic rings. The third kappa shape index (κ3) is 6.07. The first-order valence-electron chi connectivity index (χ1n) is 5.99. The Morgan fingerprint density at radius 3 is 2.33 bits per heavy atom. The zero-order chi connectivity index (χ0) is 13.5. The minimum absolute atomic E-state index is 0.0518. The number of aliphatic carboxylic acids is 1. The van der Waals surface area contributed by atoms with Crippen molar-refractivity contribution in [2.45, 2.75) is 32.2 Å². The van der Waals surface area contributed by atoms with Gasteiger partial charge in [0.1, 0.15) is 0 Å². The molecule has 1 saturated carbocycles. The van der Waals surface area contributed by atoms with Crippen LogP contribution in [0.2, 0.25) is 0 Å². The van der Waals surface area contributed by atoms with Gasteiger partial charge in [0.05, 0.1) is 6.42 Å². The number of carboxylic acids is 1. The number of nitrogens with one attached hydrogen (secondary N) is 3. The van der Waals surface area contributed by atoms with Crippen molar-refractivity contribution in [1.29, 1.82) is 0 Å². The maximum absolute atomic E-state index is 11.5. The quantitative estimate of drug-likeness (QED) is 0.468. The molecule has 0 bridgehead atoms. The van der Waals surface area contributed by atoms with Crippen molar-refractivity contribution in [3.05, 3.63) is 0 Å². The Hall–Kier alpha value is -1.79. The lowest BCUT2D eigenvalue weighted by Gasteiger charge is -2.16. The maximum atomic E-state index is 11.5. The average Bonchev–Trinajstić information content (AvgIpc) is 3.06. The van der Waals surface area contributed by atoms with Gasteiger partial charge in [-0.3, -0.25) is 9.59 Å². The largest absolute Gasteiger partial charge is 0.481 e. The van der Waals surface area contributed by atoms with Crippen molar-refractivity contribution in [2.24, 2.45) is 5.92 Å². The fourth-order valence-corrected chi connectivity index (χ4v) is 1.66. The zero-order valence-electron chi connectivity index (χ0n) is 10.4. The van der Waals surface area contributed by atoms with Crippen molar-refractivity contribution >= 4 is 17.9 Å². The zero-order valence-corrected chi connectivity index (χ0v) is 10.4. The molecule has 4 N–H and O–H groups in total. The molecule has 1 atom stereocenters. The van der Waals surface area contributed by atoms with Crippen LogP contribution in [0, 0.1) is 5.92 Å². The van der Waals surface area contributed by atoms with E-state index in [1.165, 1.54) is 6.92 Å². The Morgan fingerprint density at radius 2 is 1.83 bits per heavy atom. The highest BCUT2D eigenvalue weighted by Gasteiger charge is 2.33. The second-order valence-electron chi connectivity index (χ2n) is 4.42. The van der Waals surface area contributed by atoms with Crippen LogP contribution in [-0.4, -0.2) is 42.1 Å². The summed E-state index contributed by atoms with van der Waals surface area (Å²) in [7, 11) is 0. The Balaban J connectivity index is 2.20. The van der Waals surface area contributed by atoms with Crippen LogP contribution in [0.4, 0.5) is 4.79 Å². The monoisotopic (exact) mass is 257 g/mol. The molecule has 1 fully saturated rings. The van der Waals surface area contributed by atoms with Crippen LogP contribution in [0.25, 0.3) is 0 Å². The van der Waals surface area contributed by atoms with Crippen LogP contribution in [0.5, 0.6) is 0 Å². The smallest absolute Gasteiger partial charge is 0.315 e. The molecule has 1 rings (SSSR count). The Kier molecular flexibility index (Phi) is 5.41. The lowest BCUT2D eigenvalue weighted by molar-refractivity contribution is -0.137. The molecule has 7 heteroatoms. The van der Waals surface area contributed by atoms with E-state index in [9.17, 15) is 14.4 Å².